The van der Waals surface area contributed by atoms with Gasteiger partial charge >= 0.3 is 0 Å². The Morgan fingerprint density at radius 3 is 2.47 bits per heavy atom. The zero-order chi connectivity index (χ0) is 14.1. The lowest BCUT2D eigenvalue weighted by Crippen LogP contribution is -2.28. The molecule has 108 valence electrons. The number of hydrogen-bond donors (Lipinski definition) is 1. The van der Waals surface area contributed by atoms with E-state index in [-0.39, 0.29) is 18.0 Å². The fraction of sp³-hybridized carbons (Fsp3) is 0.625. The van der Waals surface area contributed by atoms with E-state index in [0.29, 0.717) is 12.2 Å². The van der Waals surface area contributed by atoms with Crippen LogP contribution in [0.25, 0.3) is 0 Å². The maximum atomic E-state index is 13.7. The molecule has 0 aliphatic rings. The zero-order valence-corrected chi connectivity index (χ0v) is 12.1. The number of nitrogens with two attached hydrogens (primary N) is 1. The third-order valence-corrected chi connectivity index (χ3v) is 3.23. The van der Waals surface area contributed by atoms with Crippen molar-refractivity contribution in [2.75, 3.05) is 6.61 Å². The summed E-state index contributed by atoms with van der Waals surface area (Å²) < 4.78 is 19.5. The first kappa shape index (κ1) is 16.1. The van der Waals surface area contributed by atoms with Crippen molar-refractivity contribution in [2.45, 2.75) is 58.1 Å². The lowest BCUT2D eigenvalue weighted by Gasteiger charge is -2.22. The first-order valence-electron chi connectivity index (χ1n) is 7.28. The highest BCUT2D eigenvalue weighted by Gasteiger charge is 2.19. The molecule has 0 fully saturated rings. The van der Waals surface area contributed by atoms with E-state index in [1.807, 2.05) is 13.0 Å². The van der Waals surface area contributed by atoms with Crippen LogP contribution in [-0.4, -0.2) is 12.6 Å². The van der Waals surface area contributed by atoms with Crippen molar-refractivity contribution in [3.05, 3.63) is 35.6 Å². The molecule has 0 bridgehead atoms. The van der Waals surface area contributed by atoms with Gasteiger partial charge in [-0.2, -0.15) is 0 Å². The van der Waals surface area contributed by atoms with Crippen LogP contribution >= 0.6 is 0 Å². The summed E-state index contributed by atoms with van der Waals surface area (Å²) in [5.41, 5.74) is 6.47. The van der Waals surface area contributed by atoms with Gasteiger partial charge in [-0.05, 0) is 19.4 Å². The molecule has 0 heterocycles. The van der Waals surface area contributed by atoms with Crippen molar-refractivity contribution < 1.29 is 9.13 Å². The summed E-state index contributed by atoms with van der Waals surface area (Å²) in [6.45, 7) is 4.69. The van der Waals surface area contributed by atoms with Gasteiger partial charge in [0.05, 0.1) is 0 Å². The molecule has 2 atom stereocenters. The summed E-state index contributed by atoms with van der Waals surface area (Å²) in [5.74, 6) is -0.240. The van der Waals surface area contributed by atoms with Gasteiger partial charge < -0.3 is 10.5 Å². The second kappa shape index (κ2) is 9.05. The van der Waals surface area contributed by atoms with E-state index in [1.54, 1.807) is 12.1 Å². The van der Waals surface area contributed by atoms with E-state index >= 15 is 0 Å². The fourth-order valence-corrected chi connectivity index (χ4v) is 2.15. The minimum Gasteiger partial charge on any atom is -0.372 e. The Morgan fingerprint density at radius 1 is 1.16 bits per heavy atom. The molecular formula is C16H26FNO. The molecule has 19 heavy (non-hydrogen) atoms. The third-order valence-electron chi connectivity index (χ3n) is 3.23. The maximum absolute atomic E-state index is 13.7. The second-order valence-electron chi connectivity index (χ2n) is 5.09. The van der Waals surface area contributed by atoms with Gasteiger partial charge in [0.15, 0.2) is 0 Å². The Hall–Kier alpha value is -0.930. The molecule has 0 aliphatic carbocycles. The Balaban J connectivity index is 2.44. The number of rotatable bonds is 9. The van der Waals surface area contributed by atoms with Crippen LogP contribution in [0.1, 0.15) is 57.6 Å². The normalized spacial score (nSPS) is 14.3. The van der Waals surface area contributed by atoms with Crippen LogP contribution in [0.4, 0.5) is 4.39 Å². The van der Waals surface area contributed by atoms with Crippen LogP contribution < -0.4 is 5.73 Å². The number of benzene rings is 1. The van der Waals surface area contributed by atoms with Gasteiger partial charge in [-0.15, -0.1) is 0 Å². The number of unbranched alkanes of at least 4 members (excludes halogenated alkanes) is 4. The Labute approximate surface area is 116 Å². The van der Waals surface area contributed by atoms with E-state index < -0.39 is 0 Å². The van der Waals surface area contributed by atoms with Gasteiger partial charge in [0.25, 0.3) is 0 Å². The van der Waals surface area contributed by atoms with E-state index in [4.69, 9.17) is 10.5 Å². The van der Waals surface area contributed by atoms with Crippen molar-refractivity contribution >= 4 is 0 Å². The molecule has 2 unspecified atom stereocenters. The van der Waals surface area contributed by atoms with Crippen LogP contribution in [-0.2, 0) is 4.74 Å². The summed E-state index contributed by atoms with van der Waals surface area (Å²) >= 11 is 0. The van der Waals surface area contributed by atoms with Crippen molar-refractivity contribution in [3.8, 4) is 0 Å². The SMILES string of the molecule is CCCCCCCOC(c1ccccc1F)C(C)N. The number of hydrogen-bond acceptors (Lipinski definition) is 2. The lowest BCUT2D eigenvalue weighted by molar-refractivity contribution is 0.0335. The Kier molecular flexibility index (Phi) is 7.68. The molecule has 0 aromatic heterocycles. The molecular weight excluding hydrogens is 241 g/mol. The molecule has 1 aromatic rings. The average molecular weight is 267 g/mol. The van der Waals surface area contributed by atoms with Gasteiger partial charge in [-0.1, -0.05) is 50.8 Å². The Morgan fingerprint density at radius 2 is 1.84 bits per heavy atom. The van der Waals surface area contributed by atoms with Crippen molar-refractivity contribution in [3.63, 3.8) is 0 Å². The summed E-state index contributed by atoms with van der Waals surface area (Å²) in [6, 6.07) is 6.49. The van der Waals surface area contributed by atoms with Crippen LogP contribution in [0.15, 0.2) is 24.3 Å². The summed E-state index contributed by atoms with van der Waals surface area (Å²) in [7, 11) is 0. The first-order valence-corrected chi connectivity index (χ1v) is 7.28. The predicted molar refractivity (Wildman–Crippen MR) is 77.5 cm³/mol. The largest absolute Gasteiger partial charge is 0.372 e. The van der Waals surface area contributed by atoms with Gasteiger partial charge in [0, 0.05) is 18.2 Å². The van der Waals surface area contributed by atoms with Crippen LogP contribution in [0.3, 0.4) is 0 Å². The summed E-state index contributed by atoms with van der Waals surface area (Å²) in [6.07, 6.45) is 5.56. The minimum absolute atomic E-state index is 0.215. The maximum Gasteiger partial charge on any atom is 0.129 e. The van der Waals surface area contributed by atoms with Crippen LogP contribution in [0.5, 0.6) is 0 Å². The van der Waals surface area contributed by atoms with Crippen molar-refractivity contribution in [1.29, 1.82) is 0 Å². The number of ether oxygens (including phenoxy) is 1. The molecule has 2 nitrogen and oxygen atoms in total. The van der Waals surface area contributed by atoms with Gasteiger partial charge in [-0.25, -0.2) is 4.39 Å². The monoisotopic (exact) mass is 267 g/mol. The highest BCUT2D eigenvalue weighted by molar-refractivity contribution is 5.21. The molecule has 0 saturated carbocycles. The van der Waals surface area contributed by atoms with Crippen molar-refractivity contribution in [1.82, 2.24) is 0 Å². The standard InChI is InChI=1S/C16H26FNO/c1-3-4-5-6-9-12-19-16(13(2)18)14-10-7-8-11-15(14)17/h7-8,10-11,13,16H,3-6,9,12,18H2,1-2H3. The van der Waals surface area contributed by atoms with E-state index in [0.717, 1.165) is 12.8 Å². The highest BCUT2D eigenvalue weighted by atomic mass is 19.1. The smallest absolute Gasteiger partial charge is 0.129 e. The second-order valence-corrected chi connectivity index (χ2v) is 5.09. The molecule has 2 N–H and O–H groups in total. The molecule has 0 aliphatic heterocycles. The van der Waals surface area contributed by atoms with Crippen LogP contribution in [0, 0.1) is 5.82 Å². The molecule has 0 radical (unpaired) electrons. The molecule has 3 heteroatoms. The predicted octanol–water partition coefficient (Wildman–Crippen LogP) is 4.20. The van der Waals surface area contributed by atoms with Gasteiger partial charge in [0.1, 0.15) is 11.9 Å². The minimum atomic E-state index is -0.354. The highest BCUT2D eigenvalue weighted by Crippen LogP contribution is 2.23. The summed E-state index contributed by atoms with van der Waals surface area (Å²) in [5, 5.41) is 0. The van der Waals surface area contributed by atoms with E-state index in [9.17, 15) is 4.39 Å². The van der Waals surface area contributed by atoms with E-state index in [2.05, 4.69) is 6.92 Å². The zero-order valence-electron chi connectivity index (χ0n) is 12.1. The molecule has 1 aromatic carbocycles. The lowest BCUT2D eigenvalue weighted by atomic mass is 10.0. The molecule has 0 spiro atoms. The molecule has 0 amide bonds. The summed E-state index contributed by atoms with van der Waals surface area (Å²) in [4.78, 5) is 0. The topological polar surface area (TPSA) is 35.2 Å². The molecule has 0 saturated heterocycles. The Bertz CT molecular complexity index is 354. The average Bonchev–Trinajstić information content (AvgIpc) is 2.39. The van der Waals surface area contributed by atoms with Crippen molar-refractivity contribution in [2.24, 2.45) is 5.73 Å². The molecule has 1 rings (SSSR count). The third kappa shape index (κ3) is 5.70. The van der Waals surface area contributed by atoms with Gasteiger partial charge in [-0.3, -0.25) is 0 Å². The first-order chi connectivity index (χ1) is 9.16. The number of halogens is 1. The quantitative estimate of drug-likeness (QED) is 0.680. The van der Waals surface area contributed by atoms with Gasteiger partial charge in [0.2, 0.25) is 0 Å². The van der Waals surface area contributed by atoms with E-state index in [1.165, 1.54) is 25.3 Å². The fourth-order valence-electron chi connectivity index (χ4n) is 2.15. The van der Waals surface area contributed by atoms with Crippen LogP contribution in [0.2, 0.25) is 0 Å².